The van der Waals surface area contributed by atoms with E-state index in [0.717, 1.165) is 0 Å². The first-order valence-electron chi connectivity index (χ1n) is 2.75. The van der Waals surface area contributed by atoms with Crippen LogP contribution in [-0.2, 0) is 9.53 Å². The Morgan fingerprint density at radius 3 is 1.90 bits per heavy atom. The molecule has 0 atom stereocenters. The molecular weight excluding hydrogens is 132 g/mol. The van der Waals surface area contributed by atoms with Gasteiger partial charge in [-0.05, 0) is 20.8 Å². The highest BCUT2D eigenvalue weighted by molar-refractivity contribution is 5.37. The second-order valence-electron chi connectivity index (χ2n) is 2.51. The van der Waals surface area contributed by atoms with E-state index in [0.29, 0.717) is 6.47 Å². The standard InChI is InChI=1S/C5H10O2.CH4N2/c1-5(2,3)7-4-6;1-3-2/h4H,1-3H3;1-2H2. The zero-order valence-electron chi connectivity index (χ0n) is 6.63. The average Bonchev–Trinajstić information content (AvgIpc) is 1.63. The molecule has 0 aromatic rings. The van der Waals surface area contributed by atoms with Crippen LogP contribution in [0.4, 0.5) is 0 Å². The summed E-state index contributed by atoms with van der Waals surface area (Å²) >= 11 is 0. The van der Waals surface area contributed by atoms with Crippen LogP contribution in [0.1, 0.15) is 20.8 Å². The van der Waals surface area contributed by atoms with E-state index in [4.69, 9.17) is 0 Å². The predicted molar refractivity (Wildman–Crippen MR) is 40.6 cm³/mol. The highest BCUT2D eigenvalue weighted by Crippen LogP contribution is 2.02. The van der Waals surface area contributed by atoms with Crippen molar-refractivity contribution in [1.29, 1.82) is 0 Å². The normalized spacial score (nSPS) is 8.70. The van der Waals surface area contributed by atoms with Gasteiger partial charge in [0, 0.05) is 6.72 Å². The fourth-order valence-corrected chi connectivity index (χ4v) is 0.144. The number of hydrazone groups is 1. The first-order chi connectivity index (χ1) is 4.47. The molecule has 0 unspecified atom stereocenters. The van der Waals surface area contributed by atoms with Crippen LogP contribution in [0.15, 0.2) is 5.10 Å². The van der Waals surface area contributed by atoms with Crippen LogP contribution < -0.4 is 5.84 Å². The number of nitrogens with two attached hydrogens (primary N) is 1. The molecule has 60 valence electrons. The Morgan fingerprint density at radius 2 is 1.90 bits per heavy atom. The Labute approximate surface area is 61.1 Å². The Balaban J connectivity index is 0. The maximum atomic E-state index is 9.60. The van der Waals surface area contributed by atoms with Crippen molar-refractivity contribution in [3.63, 3.8) is 0 Å². The summed E-state index contributed by atoms with van der Waals surface area (Å²) in [6.45, 7) is 8.81. The largest absolute Gasteiger partial charge is 0.462 e. The van der Waals surface area contributed by atoms with E-state index in [-0.39, 0.29) is 5.60 Å². The summed E-state index contributed by atoms with van der Waals surface area (Å²) in [6, 6.07) is 0. The topological polar surface area (TPSA) is 64.7 Å². The predicted octanol–water partition coefficient (Wildman–Crippen LogP) is 0.519. The SMILES string of the molecule is C=NN.CC(C)(C)OC=O. The lowest BCUT2D eigenvalue weighted by Gasteiger charge is -2.14. The molecule has 0 aliphatic carbocycles. The Bertz CT molecular complexity index is 96.4. The molecule has 0 aliphatic heterocycles. The first-order valence-corrected chi connectivity index (χ1v) is 2.75. The van der Waals surface area contributed by atoms with Crippen molar-refractivity contribution in [3.8, 4) is 0 Å². The minimum Gasteiger partial charge on any atom is -0.462 e. The third-order valence-electron chi connectivity index (χ3n) is 0.402. The number of ether oxygens (including phenoxy) is 1. The van der Waals surface area contributed by atoms with Gasteiger partial charge in [0.2, 0.25) is 0 Å². The van der Waals surface area contributed by atoms with Crippen LogP contribution in [0.25, 0.3) is 0 Å². The van der Waals surface area contributed by atoms with E-state index in [2.05, 4.69) is 22.4 Å². The van der Waals surface area contributed by atoms with Crippen molar-refractivity contribution in [2.45, 2.75) is 26.4 Å². The van der Waals surface area contributed by atoms with Crippen LogP contribution in [0.5, 0.6) is 0 Å². The number of carbonyl (C=O) groups excluding carboxylic acids is 1. The third kappa shape index (κ3) is 28.3. The molecule has 4 nitrogen and oxygen atoms in total. The van der Waals surface area contributed by atoms with E-state index in [1.165, 1.54) is 0 Å². The van der Waals surface area contributed by atoms with Gasteiger partial charge in [-0.1, -0.05) is 0 Å². The van der Waals surface area contributed by atoms with Crippen LogP contribution >= 0.6 is 0 Å². The molecule has 0 radical (unpaired) electrons. The summed E-state index contributed by atoms with van der Waals surface area (Å²) in [5.74, 6) is 4.36. The number of rotatable bonds is 1. The second-order valence-corrected chi connectivity index (χ2v) is 2.51. The summed E-state index contributed by atoms with van der Waals surface area (Å²) < 4.78 is 4.55. The van der Waals surface area contributed by atoms with Crippen LogP contribution in [0.2, 0.25) is 0 Å². The molecule has 0 amide bonds. The van der Waals surface area contributed by atoms with Crippen molar-refractivity contribution in [2.24, 2.45) is 10.9 Å². The Morgan fingerprint density at radius 1 is 1.60 bits per heavy atom. The van der Waals surface area contributed by atoms with Crippen LogP contribution in [0.3, 0.4) is 0 Å². The van der Waals surface area contributed by atoms with Gasteiger partial charge >= 0.3 is 0 Å². The van der Waals surface area contributed by atoms with Crippen molar-refractivity contribution in [1.82, 2.24) is 0 Å². The lowest BCUT2D eigenvalue weighted by Crippen LogP contribution is -2.17. The van der Waals surface area contributed by atoms with Gasteiger partial charge in [0.05, 0.1) is 0 Å². The average molecular weight is 146 g/mol. The van der Waals surface area contributed by atoms with Gasteiger partial charge in [0.15, 0.2) is 0 Å². The van der Waals surface area contributed by atoms with Gasteiger partial charge in [-0.2, -0.15) is 5.10 Å². The maximum Gasteiger partial charge on any atom is 0.293 e. The highest BCUT2D eigenvalue weighted by Gasteiger charge is 2.07. The number of hydrogen-bond acceptors (Lipinski definition) is 4. The Hall–Kier alpha value is -1.06. The maximum absolute atomic E-state index is 9.60. The quantitative estimate of drug-likeness (QED) is 0.254. The minimum atomic E-state index is -0.318. The lowest BCUT2D eigenvalue weighted by molar-refractivity contribution is -0.138. The summed E-state index contributed by atoms with van der Waals surface area (Å²) in [5.41, 5.74) is -0.318. The second kappa shape index (κ2) is 6.07. The van der Waals surface area contributed by atoms with Gasteiger partial charge in [-0.25, -0.2) is 0 Å². The highest BCUT2D eigenvalue weighted by atomic mass is 16.5. The molecule has 0 heterocycles. The Kier molecular flexibility index (Phi) is 7.10. The lowest BCUT2D eigenvalue weighted by atomic mass is 10.2. The minimum absolute atomic E-state index is 0.318. The smallest absolute Gasteiger partial charge is 0.293 e. The molecule has 2 N–H and O–H groups in total. The van der Waals surface area contributed by atoms with E-state index < -0.39 is 0 Å². The molecule has 0 aromatic carbocycles. The monoisotopic (exact) mass is 146 g/mol. The summed E-state index contributed by atoms with van der Waals surface area (Å²) in [4.78, 5) is 9.60. The van der Waals surface area contributed by atoms with Crippen LogP contribution in [-0.4, -0.2) is 18.8 Å². The van der Waals surface area contributed by atoms with Gasteiger partial charge < -0.3 is 10.6 Å². The van der Waals surface area contributed by atoms with Crippen molar-refractivity contribution >= 4 is 13.2 Å². The molecule has 0 fully saturated rings. The molecule has 0 aliphatic rings. The first kappa shape index (κ1) is 11.7. The molecule has 4 heteroatoms. The molecule has 0 saturated carbocycles. The van der Waals surface area contributed by atoms with E-state index in [9.17, 15) is 4.79 Å². The fourth-order valence-electron chi connectivity index (χ4n) is 0.144. The molecule has 10 heavy (non-hydrogen) atoms. The van der Waals surface area contributed by atoms with Crippen molar-refractivity contribution in [2.75, 3.05) is 0 Å². The molecular formula is C6H14N2O2. The zero-order chi connectivity index (χ0) is 8.62. The summed E-state index contributed by atoms with van der Waals surface area (Å²) in [6.07, 6.45) is 0. The van der Waals surface area contributed by atoms with Gasteiger partial charge in [0.25, 0.3) is 6.47 Å². The third-order valence-corrected chi connectivity index (χ3v) is 0.402. The van der Waals surface area contributed by atoms with Gasteiger partial charge in [-0.3, -0.25) is 4.79 Å². The summed E-state index contributed by atoms with van der Waals surface area (Å²) in [5, 5.41) is 2.75. The molecule has 0 spiro atoms. The summed E-state index contributed by atoms with van der Waals surface area (Å²) in [7, 11) is 0. The molecule has 0 rings (SSSR count). The van der Waals surface area contributed by atoms with E-state index >= 15 is 0 Å². The number of hydrogen-bond donors (Lipinski definition) is 1. The number of carbonyl (C=O) groups is 1. The molecule has 0 bridgehead atoms. The molecule has 0 aromatic heterocycles. The van der Waals surface area contributed by atoms with Crippen molar-refractivity contribution in [3.05, 3.63) is 0 Å². The number of nitrogens with zero attached hydrogens (tertiary/aromatic N) is 1. The van der Waals surface area contributed by atoms with Gasteiger partial charge in [0.1, 0.15) is 5.60 Å². The molecule has 0 saturated heterocycles. The van der Waals surface area contributed by atoms with E-state index in [1.807, 2.05) is 20.8 Å². The van der Waals surface area contributed by atoms with Gasteiger partial charge in [-0.15, -0.1) is 0 Å². The van der Waals surface area contributed by atoms with E-state index in [1.54, 1.807) is 0 Å². The van der Waals surface area contributed by atoms with Crippen molar-refractivity contribution < 1.29 is 9.53 Å². The van der Waals surface area contributed by atoms with Crippen LogP contribution in [0, 0.1) is 0 Å². The fraction of sp³-hybridized carbons (Fsp3) is 0.667. The zero-order valence-corrected chi connectivity index (χ0v) is 6.63.